The Labute approximate surface area is 157 Å². The predicted octanol–water partition coefficient (Wildman–Crippen LogP) is 3.07. The number of hydrogen-bond donors (Lipinski definition) is 2. The average Bonchev–Trinajstić information content (AvgIpc) is 2.54. The van der Waals surface area contributed by atoms with Crippen LogP contribution in [-0.4, -0.2) is 38.3 Å². The predicted molar refractivity (Wildman–Crippen MR) is 105 cm³/mol. The Bertz CT molecular complexity index is 508. The molecule has 0 bridgehead atoms. The second kappa shape index (κ2) is 10.8. The maximum absolute atomic E-state index is 12.3. The summed E-state index contributed by atoms with van der Waals surface area (Å²) in [4.78, 5) is 14.5. The van der Waals surface area contributed by atoms with Crippen LogP contribution in [-0.2, 0) is 9.53 Å². The van der Waals surface area contributed by atoms with E-state index in [0.717, 1.165) is 24.2 Å². The number of carbonyl (C=O) groups excluding carboxylic acids is 1. The van der Waals surface area contributed by atoms with E-state index in [1.54, 1.807) is 0 Å². The first-order chi connectivity index (χ1) is 10.5. The minimum absolute atomic E-state index is 0. The molecule has 3 N–H and O–H groups in total. The van der Waals surface area contributed by atoms with Crippen molar-refractivity contribution in [1.82, 2.24) is 0 Å². The highest BCUT2D eigenvalue weighted by Crippen LogP contribution is 2.22. The van der Waals surface area contributed by atoms with E-state index in [2.05, 4.69) is 24.1 Å². The summed E-state index contributed by atoms with van der Waals surface area (Å²) in [6.45, 7) is 5.65. The van der Waals surface area contributed by atoms with Gasteiger partial charge in [-0.1, -0.05) is 6.07 Å². The van der Waals surface area contributed by atoms with E-state index >= 15 is 0 Å². The second-order valence-electron chi connectivity index (χ2n) is 6.22. The Morgan fingerprint density at radius 3 is 2.50 bits per heavy atom. The number of ether oxygens (including phenoxy) is 1. The van der Waals surface area contributed by atoms with Crippen molar-refractivity contribution in [3.8, 4) is 0 Å². The van der Waals surface area contributed by atoms with Crippen molar-refractivity contribution < 1.29 is 9.53 Å². The standard InChI is InChI=1S/C17H27N3O2.2ClH/c1-12(2)20(3)15-6-4-5-14(11-15)19-17(21)16(18)13-7-9-22-10-8-13;;/h4-6,11-13,16H,7-10,18H2,1-3H3,(H,19,21);2*1H. The van der Waals surface area contributed by atoms with Crippen LogP contribution < -0.4 is 16.0 Å². The summed E-state index contributed by atoms with van der Waals surface area (Å²) in [5.74, 6) is 0.0894. The van der Waals surface area contributed by atoms with Gasteiger partial charge in [0.15, 0.2) is 0 Å². The molecule has 1 amide bonds. The lowest BCUT2D eigenvalue weighted by molar-refractivity contribution is -0.119. The summed E-state index contributed by atoms with van der Waals surface area (Å²) in [5.41, 5.74) is 7.97. The lowest BCUT2D eigenvalue weighted by Crippen LogP contribution is -2.44. The lowest BCUT2D eigenvalue weighted by atomic mass is 9.92. The van der Waals surface area contributed by atoms with E-state index in [4.69, 9.17) is 10.5 Å². The fourth-order valence-corrected chi connectivity index (χ4v) is 2.62. The van der Waals surface area contributed by atoms with E-state index in [1.807, 2.05) is 31.3 Å². The van der Waals surface area contributed by atoms with Gasteiger partial charge < -0.3 is 20.7 Å². The SMILES string of the molecule is CC(C)N(C)c1cccc(NC(=O)C(N)C2CCOCC2)c1.Cl.Cl. The largest absolute Gasteiger partial charge is 0.381 e. The van der Waals surface area contributed by atoms with E-state index in [9.17, 15) is 4.79 Å². The molecule has 1 aromatic rings. The maximum atomic E-state index is 12.3. The zero-order chi connectivity index (χ0) is 16.1. The first-order valence-corrected chi connectivity index (χ1v) is 7.96. The third kappa shape index (κ3) is 6.13. The molecular weight excluding hydrogens is 349 g/mol. The van der Waals surface area contributed by atoms with Crippen molar-refractivity contribution in [3.05, 3.63) is 24.3 Å². The molecule has 24 heavy (non-hydrogen) atoms. The van der Waals surface area contributed by atoms with Crippen LogP contribution in [0.4, 0.5) is 11.4 Å². The van der Waals surface area contributed by atoms with Crippen molar-refractivity contribution in [2.75, 3.05) is 30.5 Å². The number of nitrogens with two attached hydrogens (primary N) is 1. The molecule has 1 aliphatic heterocycles. The number of benzene rings is 1. The van der Waals surface area contributed by atoms with E-state index in [-0.39, 0.29) is 36.6 Å². The number of rotatable bonds is 5. The molecule has 1 saturated heterocycles. The minimum Gasteiger partial charge on any atom is -0.381 e. The Balaban J connectivity index is 0.00000264. The zero-order valence-electron chi connectivity index (χ0n) is 14.5. The van der Waals surface area contributed by atoms with Gasteiger partial charge in [-0.15, -0.1) is 24.8 Å². The zero-order valence-corrected chi connectivity index (χ0v) is 16.2. The van der Waals surface area contributed by atoms with E-state index < -0.39 is 6.04 Å². The monoisotopic (exact) mass is 377 g/mol. The van der Waals surface area contributed by atoms with Gasteiger partial charge in [0.25, 0.3) is 0 Å². The van der Waals surface area contributed by atoms with Gasteiger partial charge in [-0.2, -0.15) is 0 Å². The molecule has 2 rings (SSSR count). The summed E-state index contributed by atoms with van der Waals surface area (Å²) in [6, 6.07) is 7.78. The van der Waals surface area contributed by atoms with Gasteiger partial charge in [-0.25, -0.2) is 0 Å². The molecule has 1 aliphatic rings. The number of anilines is 2. The van der Waals surface area contributed by atoms with Crippen LogP contribution >= 0.6 is 24.8 Å². The number of nitrogens with zero attached hydrogens (tertiary/aromatic N) is 1. The van der Waals surface area contributed by atoms with Crippen LogP contribution in [0.1, 0.15) is 26.7 Å². The number of halogens is 2. The molecule has 1 unspecified atom stereocenters. The van der Waals surface area contributed by atoms with Gasteiger partial charge >= 0.3 is 0 Å². The molecule has 7 heteroatoms. The van der Waals surface area contributed by atoms with Crippen molar-refractivity contribution in [1.29, 1.82) is 0 Å². The van der Waals surface area contributed by atoms with Crippen LogP contribution in [0.5, 0.6) is 0 Å². The molecule has 1 aromatic carbocycles. The minimum atomic E-state index is -0.476. The molecule has 0 aromatic heterocycles. The third-order valence-electron chi connectivity index (χ3n) is 4.37. The highest BCUT2D eigenvalue weighted by Gasteiger charge is 2.26. The Kier molecular flexibility index (Phi) is 10.3. The van der Waals surface area contributed by atoms with Crippen molar-refractivity contribution >= 4 is 42.1 Å². The third-order valence-corrected chi connectivity index (χ3v) is 4.37. The van der Waals surface area contributed by atoms with Crippen molar-refractivity contribution in [2.24, 2.45) is 11.7 Å². The molecule has 0 radical (unpaired) electrons. The summed E-state index contributed by atoms with van der Waals surface area (Å²) in [5, 5.41) is 2.94. The molecule has 138 valence electrons. The first-order valence-electron chi connectivity index (χ1n) is 7.96. The Morgan fingerprint density at radius 1 is 1.29 bits per heavy atom. The van der Waals surface area contributed by atoms with Gasteiger partial charge in [-0.05, 0) is 50.8 Å². The number of amides is 1. The normalized spacial score (nSPS) is 15.9. The van der Waals surface area contributed by atoms with E-state index in [0.29, 0.717) is 19.3 Å². The molecule has 1 atom stereocenters. The van der Waals surface area contributed by atoms with E-state index in [1.165, 1.54) is 0 Å². The average molecular weight is 378 g/mol. The fourth-order valence-electron chi connectivity index (χ4n) is 2.62. The molecule has 1 heterocycles. The summed E-state index contributed by atoms with van der Waals surface area (Å²) in [7, 11) is 2.04. The molecule has 0 aliphatic carbocycles. The maximum Gasteiger partial charge on any atom is 0.241 e. The first kappa shape index (κ1) is 23.0. The van der Waals surface area contributed by atoms with Crippen molar-refractivity contribution in [2.45, 2.75) is 38.8 Å². The molecule has 0 saturated carbocycles. The highest BCUT2D eigenvalue weighted by molar-refractivity contribution is 5.95. The highest BCUT2D eigenvalue weighted by atomic mass is 35.5. The summed E-state index contributed by atoms with van der Waals surface area (Å²) < 4.78 is 5.32. The number of carbonyl (C=O) groups is 1. The Morgan fingerprint density at radius 2 is 1.92 bits per heavy atom. The second-order valence-corrected chi connectivity index (χ2v) is 6.22. The van der Waals surface area contributed by atoms with Gasteiger partial charge in [0, 0.05) is 37.7 Å². The molecule has 5 nitrogen and oxygen atoms in total. The van der Waals surface area contributed by atoms with Crippen LogP contribution in [0, 0.1) is 5.92 Å². The van der Waals surface area contributed by atoms with Crippen LogP contribution in [0.3, 0.4) is 0 Å². The van der Waals surface area contributed by atoms with Crippen molar-refractivity contribution in [3.63, 3.8) is 0 Å². The fraction of sp³-hybridized carbons (Fsp3) is 0.588. The quantitative estimate of drug-likeness (QED) is 0.827. The van der Waals surface area contributed by atoms with Crippen LogP contribution in [0.25, 0.3) is 0 Å². The smallest absolute Gasteiger partial charge is 0.241 e. The van der Waals surface area contributed by atoms with Gasteiger partial charge in [0.1, 0.15) is 0 Å². The Hall–Kier alpha value is -1.01. The number of nitrogens with one attached hydrogen (secondary N) is 1. The van der Waals surface area contributed by atoms with Crippen LogP contribution in [0.2, 0.25) is 0 Å². The van der Waals surface area contributed by atoms with Crippen LogP contribution in [0.15, 0.2) is 24.3 Å². The van der Waals surface area contributed by atoms with Gasteiger partial charge in [0.05, 0.1) is 6.04 Å². The van der Waals surface area contributed by atoms with Gasteiger partial charge in [-0.3, -0.25) is 4.79 Å². The molecular formula is C17H29Cl2N3O2. The van der Waals surface area contributed by atoms with Gasteiger partial charge in [0.2, 0.25) is 5.91 Å². The summed E-state index contributed by atoms with van der Waals surface area (Å²) >= 11 is 0. The summed E-state index contributed by atoms with van der Waals surface area (Å²) in [6.07, 6.45) is 1.70. The lowest BCUT2D eigenvalue weighted by Gasteiger charge is -2.27. The topological polar surface area (TPSA) is 67.6 Å². The molecule has 0 spiro atoms. The number of hydrogen-bond acceptors (Lipinski definition) is 4. The molecule has 1 fully saturated rings.